The Morgan fingerprint density at radius 2 is 1.73 bits per heavy atom. The van der Waals surface area contributed by atoms with Gasteiger partial charge >= 0.3 is 5.97 Å². The molecule has 1 amide bonds. The maximum atomic E-state index is 12.6. The molecule has 0 bridgehead atoms. The van der Waals surface area contributed by atoms with Crippen molar-refractivity contribution < 1.29 is 19.2 Å². The zero-order chi connectivity index (χ0) is 21.1. The number of nitrogens with zero attached hydrogens (tertiary/aromatic N) is 3. The Balaban J connectivity index is 1.34. The van der Waals surface area contributed by atoms with Crippen molar-refractivity contribution in [1.82, 2.24) is 0 Å². The minimum absolute atomic E-state index is 0.0788. The Labute approximate surface area is 174 Å². The third-order valence-corrected chi connectivity index (χ3v) is 5.69. The molecule has 0 N–H and O–H groups in total. The average Bonchev–Trinajstić information content (AvgIpc) is 3.20. The van der Waals surface area contributed by atoms with Crippen molar-refractivity contribution in [2.45, 2.75) is 25.7 Å². The van der Waals surface area contributed by atoms with Gasteiger partial charge in [0.05, 0.1) is 10.8 Å². The lowest BCUT2D eigenvalue weighted by molar-refractivity contribution is -0.384. The average molecular weight is 409 g/mol. The first-order valence-electron chi connectivity index (χ1n) is 10.1. The zero-order valence-electron chi connectivity index (χ0n) is 16.5. The molecule has 2 saturated heterocycles. The molecule has 0 radical (unpaired) electrons. The van der Waals surface area contributed by atoms with Crippen LogP contribution in [0.3, 0.4) is 0 Å². The van der Waals surface area contributed by atoms with E-state index >= 15 is 0 Å². The fourth-order valence-corrected chi connectivity index (χ4v) is 4.06. The lowest BCUT2D eigenvalue weighted by Gasteiger charge is -2.32. The molecule has 0 atom stereocenters. The highest BCUT2D eigenvalue weighted by Gasteiger charge is 2.29. The third kappa shape index (κ3) is 4.12. The lowest BCUT2D eigenvalue weighted by atomic mass is 9.96. The highest BCUT2D eigenvalue weighted by atomic mass is 16.6. The molecule has 156 valence electrons. The highest BCUT2D eigenvalue weighted by Crippen LogP contribution is 2.32. The number of para-hydroxylation sites is 2. The van der Waals surface area contributed by atoms with Gasteiger partial charge < -0.3 is 14.5 Å². The summed E-state index contributed by atoms with van der Waals surface area (Å²) in [6, 6.07) is 13.7. The number of carbonyl (C=O) groups excluding carboxylic acids is 2. The predicted octanol–water partition coefficient (Wildman–Crippen LogP) is 3.54. The SMILES string of the molecule is O=C(Oc1ccc(N2CCCC2=O)cc1)C1CCN(c2ccccc2[N+](=O)[O-])CC1. The summed E-state index contributed by atoms with van der Waals surface area (Å²) in [4.78, 5) is 39.0. The van der Waals surface area contributed by atoms with Crippen molar-refractivity contribution in [2.75, 3.05) is 29.4 Å². The van der Waals surface area contributed by atoms with E-state index < -0.39 is 0 Å². The van der Waals surface area contributed by atoms with Crippen LogP contribution in [0, 0.1) is 16.0 Å². The first-order valence-corrected chi connectivity index (χ1v) is 10.1. The molecule has 0 spiro atoms. The molecule has 0 unspecified atom stereocenters. The van der Waals surface area contributed by atoms with Gasteiger partial charge in [-0.05, 0) is 49.6 Å². The predicted molar refractivity (Wildman–Crippen MR) is 112 cm³/mol. The number of hydrogen-bond donors (Lipinski definition) is 0. The van der Waals surface area contributed by atoms with Gasteiger partial charge in [-0.25, -0.2) is 0 Å². The summed E-state index contributed by atoms with van der Waals surface area (Å²) >= 11 is 0. The Bertz CT molecular complexity index is 952. The molecular formula is C22H23N3O5. The van der Waals surface area contributed by atoms with Crippen molar-refractivity contribution in [3.8, 4) is 5.75 Å². The lowest BCUT2D eigenvalue weighted by Crippen LogP contribution is -2.37. The number of rotatable bonds is 5. The van der Waals surface area contributed by atoms with Crippen LogP contribution in [0.5, 0.6) is 5.75 Å². The monoisotopic (exact) mass is 409 g/mol. The molecule has 30 heavy (non-hydrogen) atoms. The number of hydrogen-bond acceptors (Lipinski definition) is 6. The molecule has 2 fully saturated rings. The molecule has 0 saturated carbocycles. The fraction of sp³-hybridized carbons (Fsp3) is 0.364. The van der Waals surface area contributed by atoms with E-state index in [1.165, 1.54) is 6.07 Å². The van der Waals surface area contributed by atoms with Crippen molar-refractivity contribution in [3.63, 3.8) is 0 Å². The van der Waals surface area contributed by atoms with E-state index in [4.69, 9.17) is 4.74 Å². The second-order valence-electron chi connectivity index (χ2n) is 7.57. The maximum Gasteiger partial charge on any atom is 0.314 e. The van der Waals surface area contributed by atoms with Gasteiger partial charge in [0.2, 0.25) is 5.91 Å². The van der Waals surface area contributed by atoms with E-state index in [0.717, 1.165) is 18.7 Å². The van der Waals surface area contributed by atoms with Gasteiger partial charge in [0.15, 0.2) is 0 Å². The number of piperidine rings is 1. The van der Waals surface area contributed by atoms with E-state index in [0.29, 0.717) is 43.8 Å². The Morgan fingerprint density at radius 3 is 2.37 bits per heavy atom. The smallest absolute Gasteiger partial charge is 0.314 e. The second-order valence-corrected chi connectivity index (χ2v) is 7.57. The van der Waals surface area contributed by atoms with Crippen LogP contribution in [0.15, 0.2) is 48.5 Å². The van der Waals surface area contributed by atoms with E-state index in [-0.39, 0.29) is 28.4 Å². The number of nitro benzene ring substituents is 1. The molecule has 0 aromatic heterocycles. The van der Waals surface area contributed by atoms with E-state index in [1.807, 2.05) is 4.90 Å². The standard InChI is InChI=1S/C22H23N3O5/c26-21-6-3-13-24(21)17-7-9-18(10-8-17)30-22(27)16-11-14-23(15-12-16)19-4-1-2-5-20(19)25(28)29/h1-2,4-5,7-10,16H,3,6,11-15H2. The Hall–Kier alpha value is -3.42. The second kappa shape index (κ2) is 8.52. The number of anilines is 2. The van der Waals surface area contributed by atoms with Crippen LogP contribution in [0.25, 0.3) is 0 Å². The van der Waals surface area contributed by atoms with E-state index in [9.17, 15) is 19.7 Å². The summed E-state index contributed by atoms with van der Waals surface area (Å²) in [7, 11) is 0. The van der Waals surface area contributed by atoms with E-state index in [1.54, 1.807) is 47.4 Å². The van der Waals surface area contributed by atoms with Gasteiger partial charge in [0.25, 0.3) is 5.69 Å². The van der Waals surface area contributed by atoms with Crippen LogP contribution in [0.2, 0.25) is 0 Å². The largest absolute Gasteiger partial charge is 0.426 e. The summed E-state index contributed by atoms with van der Waals surface area (Å²) in [5.41, 5.74) is 1.48. The molecule has 2 aliphatic rings. The van der Waals surface area contributed by atoms with Crippen LogP contribution >= 0.6 is 0 Å². The van der Waals surface area contributed by atoms with Crippen molar-refractivity contribution in [3.05, 3.63) is 58.6 Å². The summed E-state index contributed by atoms with van der Waals surface area (Å²) < 4.78 is 5.53. The molecule has 8 nitrogen and oxygen atoms in total. The molecule has 2 aliphatic heterocycles. The molecule has 2 aromatic rings. The summed E-state index contributed by atoms with van der Waals surface area (Å²) in [5, 5.41) is 11.2. The topological polar surface area (TPSA) is 93.0 Å². The number of amides is 1. The number of esters is 1. The van der Waals surface area contributed by atoms with Crippen LogP contribution in [0.1, 0.15) is 25.7 Å². The van der Waals surface area contributed by atoms with Crippen LogP contribution < -0.4 is 14.5 Å². The van der Waals surface area contributed by atoms with Crippen molar-refractivity contribution in [1.29, 1.82) is 0 Å². The quantitative estimate of drug-likeness (QED) is 0.325. The van der Waals surface area contributed by atoms with Gasteiger partial charge in [-0.1, -0.05) is 12.1 Å². The Kier molecular flexibility index (Phi) is 5.65. The van der Waals surface area contributed by atoms with E-state index in [2.05, 4.69) is 0 Å². The van der Waals surface area contributed by atoms with Gasteiger partial charge in [-0.2, -0.15) is 0 Å². The van der Waals surface area contributed by atoms with Crippen LogP contribution in [-0.2, 0) is 9.59 Å². The normalized spacial score (nSPS) is 17.3. The summed E-state index contributed by atoms with van der Waals surface area (Å²) in [6.45, 7) is 1.83. The van der Waals surface area contributed by atoms with Gasteiger partial charge in [-0.3, -0.25) is 19.7 Å². The number of carbonyl (C=O) groups is 2. The number of ether oxygens (including phenoxy) is 1. The third-order valence-electron chi connectivity index (χ3n) is 5.69. The van der Waals surface area contributed by atoms with Crippen molar-refractivity contribution in [2.24, 2.45) is 5.92 Å². The zero-order valence-corrected chi connectivity index (χ0v) is 16.5. The summed E-state index contributed by atoms with van der Waals surface area (Å²) in [5.74, 6) is 0.0349. The van der Waals surface area contributed by atoms with Crippen molar-refractivity contribution >= 4 is 28.9 Å². The number of benzene rings is 2. The van der Waals surface area contributed by atoms with Crippen LogP contribution in [0.4, 0.5) is 17.1 Å². The van der Waals surface area contributed by atoms with Crippen LogP contribution in [-0.4, -0.2) is 36.4 Å². The first-order chi connectivity index (χ1) is 14.5. The molecule has 0 aliphatic carbocycles. The summed E-state index contributed by atoms with van der Waals surface area (Å²) in [6.07, 6.45) is 2.58. The molecule has 2 aromatic carbocycles. The molecular weight excluding hydrogens is 386 g/mol. The first kappa shape index (κ1) is 19.9. The highest BCUT2D eigenvalue weighted by molar-refractivity contribution is 5.95. The minimum atomic E-state index is -0.380. The maximum absolute atomic E-state index is 12.6. The fourth-order valence-electron chi connectivity index (χ4n) is 4.06. The molecule has 8 heteroatoms. The minimum Gasteiger partial charge on any atom is -0.426 e. The molecule has 4 rings (SSSR count). The van der Waals surface area contributed by atoms with Gasteiger partial charge in [0, 0.05) is 37.8 Å². The van der Waals surface area contributed by atoms with Gasteiger partial charge in [-0.15, -0.1) is 0 Å². The van der Waals surface area contributed by atoms with Gasteiger partial charge in [0.1, 0.15) is 11.4 Å². The Morgan fingerprint density at radius 1 is 1.03 bits per heavy atom. The molecule has 2 heterocycles. The number of nitro groups is 1.